The molecular weight excluding hydrogens is 400 g/mol. The van der Waals surface area contributed by atoms with E-state index >= 15 is 0 Å². The normalized spacial score (nSPS) is 25.7. The van der Waals surface area contributed by atoms with Crippen molar-refractivity contribution < 1.29 is 14.3 Å². The molecular formula is C22H30N4O3S. The van der Waals surface area contributed by atoms with E-state index in [4.69, 9.17) is 9.73 Å². The summed E-state index contributed by atoms with van der Waals surface area (Å²) in [6, 6.07) is 6.16. The highest BCUT2D eigenvalue weighted by Crippen LogP contribution is 2.31. The van der Waals surface area contributed by atoms with Gasteiger partial charge in [0, 0.05) is 50.5 Å². The summed E-state index contributed by atoms with van der Waals surface area (Å²) >= 11 is 1.43. The summed E-state index contributed by atoms with van der Waals surface area (Å²) in [5, 5.41) is 3.34. The molecule has 0 spiro atoms. The Balaban J connectivity index is 1.37. The number of carbonyl (C=O) groups is 2. The molecule has 0 radical (unpaired) electrons. The Morgan fingerprint density at radius 3 is 2.93 bits per heavy atom. The van der Waals surface area contributed by atoms with Crippen LogP contribution in [0.15, 0.2) is 29.4 Å². The van der Waals surface area contributed by atoms with Gasteiger partial charge in [0.05, 0.1) is 6.10 Å². The molecule has 3 heterocycles. The number of hydrogen-bond acceptors (Lipinski definition) is 6. The first-order valence-corrected chi connectivity index (χ1v) is 11.9. The second-order valence-corrected chi connectivity index (χ2v) is 9.32. The molecule has 162 valence electrons. The summed E-state index contributed by atoms with van der Waals surface area (Å²) in [4.78, 5) is 36.1. The van der Waals surface area contributed by atoms with Gasteiger partial charge >= 0.3 is 0 Å². The number of aliphatic imine (C=N–C) groups is 1. The van der Waals surface area contributed by atoms with Gasteiger partial charge in [-0.2, -0.15) is 0 Å². The quantitative estimate of drug-likeness (QED) is 0.651. The van der Waals surface area contributed by atoms with Gasteiger partial charge in [-0.3, -0.25) is 24.5 Å². The predicted molar refractivity (Wildman–Crippen MR) is 117 cm³/mol. The second-order valence-electron chi connectivity index (χ2n) is 8.15. The highest BCUT2D eigenvalue weighted by Gasteiger charge is 2.39. The lowest BCUT2D eigenvalue weighted by molar-refractivity contribution is -0.129. The van der Waals surface area contributed by atoms with E-state index in [1.165, 1.54) is 18.2 Å². The average Bonchev–Trinajstić information content (AvgIpc) is 3.53. The van der Waals surface area contributed by atoms with Crippen molar-refractivity contribution in [2.75, 3.05) is 19.7 Å². The summed E-state index contributed by atoms with van der Waals surface area (Å²) in [5.74, 6) is -0.0352. The summed E-state index contributed by atoms with van der Waals surface area (Å²) in [6.45, 7) is 1.98. The third-order valence-electron chi connectivity index (χ3n) is 5.62. The minimum atomic E-state index is -0.385. The molecule has 1 saturated carbocycles. The fraction of sp³-hybridized carbons (Fsp3) is 0.636. The number of nitrogens with zero attached hydrogens (tertiary/aromatic N) is 3. The molecule has 0 aromatic carbocycles. The van der Waals surface area contributed by atoms with Crippen LogP contribution in [0.4, 0.5) is 0 Å². The molecule has 2 amide bonds. The zero-order chi connectivity index (χ0) is 20.8. The monoisotopic (exact) mass is 430 g/mol. The van der Waals surface area contributed by atoms with Crippen LogP contribution in [-0.2, 0) is 20.7 Å². The maximum absolute atomic E-state index is 13.0. The van der Waals surface area contributed by atoms with Gasteiger partial charge in [0.2, 0.25) is 11.8 Å². The Labute approximate surface area is 182 Å². The summed E-state index contributed by atoms with van der Waals surface area (Å²) in [7, 11) is 0. The van der Waals surface area contributed by atoms with Gasteiger partial charge < -0.3 is 10.1 Å². The molecule has 8 heteroatoms. The van der Waals surface area contributed by atoms with Gasteiger partial charge in [0.15, 0.2) is 5.17 Å². The second kappa shape index (κ2) is 10.4. The molecule has 0 bridgehead atoms. The molecule has 2 aliphatic heterocycles. The first kappa shape index (κ1) is 21.3. The first-order valence-electron chi connectivity index (χ1n) is 11.0. The maximum Gasteiger partial charge on any atom is 0.242 e. The van der Waals surface area contributed by atoms with Crippen LogP contribution in [0, 0.1) is 0 Å². The molecule has 1 aliphatic carbocycles. The number of carbonyl (C=O) groups excluding carboxylic acids is 2. The molecule has 30 heavy (non-hydrogen) atoms. The van der Waals surface area contributed by atoms with Gasteiger partial charge in [-0.1, -0.05) is 17.8 Å². The minimum Gasteiger partial charge on any atom is -0.378 e. The van der Waals surface area contributed by atoms with Crippen molar-refractivity contribution in [3.8, 4) is 0 Å². The van der Waals surface area contributed by atoms with Crippen LogP contribution in [0.2, 0.25) is 0 Å². The molecule has 1 N–H and O–H groups in total. The van der Waals surface area contributed by atoms with Crippen LogP contribution < -0.4 is 5.32 Å². The average molecular weight is 431 g/mol. The van der Waals surface area contributed by atoms with Crippen molar-refractivity contribution in [2.24, 2.45) is 4.99 Å². The van der Waals surface area contributed by atoms with Gasteiger partial charge in [0.1, 0.15) is 5.25 Å². The van der Waals surface area contributed by atoms with Crippen molar-refractivity contribution in [3.05, 3.63) is 30.1 Å². The van der Waals surface area contributed by atoms with Gasteiger partial charge in [-0.25, -0.2) is 0 Å². The smallest absolute Gasteiger partial charge is 0.242 e. The topological polar surface area (TPSA) is 83.9 Å². The lowest BCUT2D eigenvalue weighted by Gasteiger charge is -2.25. The summed E-state index contributed by atoms with van der Waals surface area (Å²) in [6.07, 6.45) is 9.19. The van der Waals surface area contributed by atoms with Crippen LogP contribution in [0.25, 0.3) is 0 Å². The summed E-state index contributed by atoms with van der Waals surface area (Å²) < 4.78 is 5.83. The van der Waals surface area contributed by atoms with E-state index in [-0.39, 0.29) is 29.6 Å². The van der Waals surface area contributed by atoms with E-state index in [9.17, 15) is 9.59 Å². The van der Waals surface area contributed by atoms with Crippen molar-refractivity contribution >= 4 is 28.7 Å². The lowest BCUT2D eigenvalue weighted by atomic mass is 10.1. The number of amides is 2. The largest absolute Gasteiger partial charge is 0.378 e. The highest BCUT2D eigenvalue weighted by atomic mass is 32.2. The lowest BCUT2D eigenvalue weighted by Crippen LogP contribution is -2.37. The van der Waals surface area contributed by atoms with Crippen LogP contribution in [0.5, 0.6) is 0 Å². The van der Waals surface area contributed by atoms with Gasteiger partial charge in [0.25, 0.3) is 0 Å². The Hall–Kier alpha value is -1.93. The number of aromatic nitrogens is 1. The van der Waals surface area contributed by atoms with Crippen LogP contribution in [0.3, 0.4) is 0 Å². The van der Waals surface area contributed by atoms with E-state index in [0.717, 1.165) is 56.0 Å². The van der Waals surface area contributed by atoms with E-state index < -0.39 is 0 Å². The molecule has 2 atom stereocenters. The Bertz CT molecular complexity index is 763. The minimum absolute atomic E-state index is 0.00153. The van der Waals surface area contributed by atoms with E-state index in [1.807, 2.05) is 18.2 Å². The van der Waals surface area contributed by atoms with Crippen LogP contribution in [0.1, 0.15) is 50.6 Å². The number of amidine groups is 1. The predicted octanol–water partition coefficient (Wildman–Crippen LogP) is 2.55. The number of pyridine rings is 1. The summed E-state index contributed by atoms with van der Waals surface area (Å²) in [5.41, 5.74) is 0.985. The Morgan fingerprint density at radius 2 is 2.20 bits per heavy atom. The highest BCUT2D eigenvalue weighted by molar-refractivity contribution is 8.15. The SMILES string of the molecule is O=C(CC1SC(=NCCc2ccccn2)N(CCC2CCCCO2)C1=O)NC1CC1. The number of ether oxygens (including phenoxy) is 1. The maximum atomic E-state index is 13.0. The molecule has 2 saturated heterocycles. The van der Waals surface area contributed by atoms with Crippen molar-refractivity contribution in [2.45, 2.75) is 68.8 Å². The molecule has 3 fully saturated rings. The zero-order valence-electron chi connectivity index (χ0n) is 17.3. The standard InChI is InChI=1S/C22H30N4O3S/c27-20(25-17-7-8-17)15-19-21(28)26(13-10-18-6-2-4-14-29-18)22(30-19)24-12-9-16-5-1-3-11-23-16/h1,3,5,11,17-19H,2,4,6-10,12-15H2,(H,25,27). The number of nitrogens with one attached hydrogen (secondary N) is 1. The molecule has 2 unspecified atom stereocenters. The zero-order valence-corrected chi connectivity index (χ0v) is 18.1. The van der Waals surface area contributed by atoms with E-state index in [0.29, 0.717) is 19.1 Å². The first-order chi connectivity index (χ1) is 14.7. The number of hydrogen-bond donors (Lipinski definition) is 1. The fourth-order valence-corrected chi connectivity index (χ4v) is 4.96. The molecule has 4 rings (SSSR count). The van der Waals surface area contributed by atoms with Crippen molar-refractivity contribution in [3.63, 3.8) is 0 Å². The number of rotatable bonds is 9. The van der Waals surface area contributed by atoms with Gasteiger partial charge in [-0.05, 0) is 50.7 Å². The van der Waals surface area contributed by atoms with Crippen molar-refractivity contribution in [1.29, 1.82) is 0 Å². The van der Waals surface area contributed by atoms with Gasteiger partial charge in [-0.15, -0.1) is 0 Å². The van der Waals surface area contributed by atoms with Crippen LogP contribution in [-0.4, -0.2) is 64.0 Å². The molecule has 7 nitrogen and oxygen atoms in total. The molecule has 1 aromatic heterocycles. The molecule has 1 aromatic rings. The van der Waals surface area contributed by atoms with E-state index in [1.54, 1.807) is 11.1 Å². The van der Waals surface area contributed by atoms with E-state index in [2.05, 4.69) is 10.3 Å². The molecule has 3 aliphatic rings. The van der Waals surface area contributed by atoms with Crippen LogP contribution >= 0.6 is 11.8 Å². The van der Waals surface area contributed by atoms with Crippen molar-refractivity contribution in [1.82, 2.24) is 15.2 Å². The third-order valence-corrected chi connectivity index (χ3v) is 6.84. The Morgan fingerprint density at radius 1 is 1.30 bits per heavy atom. The Kier molecular flexibility index (Phi) is 7.38. The number of thioether (sulfide) groups is 1. The third kappa shape index (κ3) is 6.04. The fourth-order valence-electron chi connectivity index (χ4n) is 3.77.